The number of hydrogen-bond donors (Lipinski definition) is 3. The Morgan fingerprint density at radius 2 is 1.80 bits per heavy atom. The first-order valence-electron chi connectivity index (χ1n) is 7.06. The number of ether oxygens (including phenoxy) is 1. The standard InChI is InChI=1S/C14H14Br2N2O2.C2H6N2O/c1-18(17)13-4-2-3-11(15)10(13)8-20-14-6-5-9(19)7-12(14)16;1-4(3)2-5/h2-7,19H,8,17H2,1H3;2H,3H2,1H3. The zero-order valence-corrected chi connectivity index (χ0v) is 17.0. The lowest BCUT2D eigenvalue weighted by atomic mass is 10.2. The fourth-order valence-electron chi connectivity index (χ4n) is 1.78. The van der Waals surface area contributed by atoms with Gasteiger partial charge >= 0.3 is 0 Å². The van der Waals surface area contributed by atoms with Crippen LogP contribution in [-0.4, -0.2) is 30.6 Å². The summed E-state index contributed by atoms with van der Waals surface area (Å²) in [5, 5.41) is 11.9. The van der Waals surface area contributed by atoms with Crippen molar-refractivity contribution >= 4 is 44.0 Å². The van der Waals surface area contributed by atoms with E-state index in [1.807, 2.05) is 18.2 Å². The molecule has 0 spiro atoms. The number of amides is 1. The van der Waals surface area contributed by atoms with Crippen molar-refractivity contribution in [1.29, 1.82) is 0 Å². The molecule has 9 heteroatoms. The molecule has 136 valence electrons. The number of carbonyl (C=O) groups is 1. The molecule has 0 bridgehead atoms. The molecule has 1 amide bonds. The topological polar surface area (TPSA) is 105 Å². The molecule has 2 rings (SSSR count). The number of benzene rings is 2. The minimum atomic E-state index is 0.187. The van der Waals surface area contributed by atoms with E-state index in [0.717, 1.165) is 20.7 Å². The van der Waals surface area contributed by atoms with Gasteiger partial charge in [0.15, 0.2) is 0 Å². The van der Waals surface area contributed by atoms with Crippen molar-refractivity contribution in [3.05, 3.63) is 50.9 Å². The number of hydrogen-bond acceptors (Lipinski definition) is 6. The number of hydrazine groups is 2. The van der Waals surface area contributed by atoms with E-state index in [1.165, 1.54) is 7.05 Å². The summed E-state index contributed by atoms with van der Waals surface area (Å²) >= 11 is 6.86. The van der Waals surface area contributed by atoms with Crippen molar-refractivity contribution in [1.82, 2.24) is 5.01 Å². The predicted octanol–water partition coefficient (Wildman–Crippen LogP) is 2.75. The van der Waals surface area contributed by atoms with Crippen LogP contribution in [0.5, 0.6) is 11.5 Å². The Labute approximate surface area is 163 Å². The molecule has 0 aliphatic heterocycles. The third kappa shape index (κ3) is 6.91. The van der Waals surface area contributed by atoms with Gasteiger partial charge in [-0.15, -0.1) is 0 Å². The van der Waals surface area contributed by atoms with Crippen LogP contribution in [0.3, 0.4) is 0 Å². The first kappa shape index (κ1) is 21.2. The average molecular weight is 476 g/mol. The van der Waals surface area contributed by atoms with Gasteiger partial charge in [0.2, 0.25) is 6.41 Å². The van der Waals surface area contributed by atoms with Gasteiger partial charge in [0.05, 0.1) is 10.2 Å². The van der Waals surface area contributed by atoms with Crippen LogP contribution < -0.4 is 21.4 Å². The number of rotatable bonds is 5. The van der Waals surface area contributed by atoms with Gasteiger partial charge in [-0.05, 0) is 46.3 Å². The van der Waals surface area contributed by atoms with E-state index in [1.54, 1.807) is 30.3 Å². The Kier molecular flexibility index (Phi) is 8.70. The lowest BCUT2D eigenvalue weighted by Crippen LogP contribution is -2.26. The fraction of sp³-hybridized carbons (Fsp3) is 0.188. The Morgan fingerprint density at radius 3 is 2.32 bits per heavy atom. The van der Waals surface area contributed by atoms with Crippen LogP contribution in [0.25, 0.3) is 0 Å². The van der Waals surface area contributed by atoms with Crippen molar-refractivity contribution in [2.45, 2.75) is 6.61 Å². The van der Waals surface area contributed by atoms with Crippen molar-refractivity contribution in [3.8, 4) is 11.5 Å². The van der Waals surface area contributed by atoms with Gasteiger partial charge in [0.25, 0.3) is 0 Å². The Balaban J connectivity index is 0.000000550. The van der Waals surface area contributed by atoms with Crippen molar-refractivity contribution < 1.29 is 14.6 Å². The number of nitrogens with two attached hydrogens (primary N) is 2. The van der Waals surface area contributed by atoms with Crippen LogP contribution in [0.15, 0.2) is 45.3 Å². The van der Waals surface area contributed by atoms with E-state index < -0.39 is 0 Å². The van der Waals surface area contributed by atoms with Crippen LogP contribution in [0, 0.1) is 0 Å². The maximum atomic E-state index is 9.37. The number of nitrogens with zero attached hydrogens (tertiary/aromatic N) is 2. The highest BCUT2D eigenvalue weighted by Crippen LogP contribution is 2.32. The quantitative estimate of drug-likeness (QED) is 0.266. The Morgan fingerprint density at radius 1 is 1.16 bits per heavy atom. The van der Waals surface area contributed by atoms with Crippen LogP contribution in [0.4, 0.5) is 5.69 Å². The highest BCUT2D eigenvalue weighted by molar-refractivity contribution is 9.10. The maximum Gasteiger partial charge on any atom is 0.223 e. The van der Waals surface area contributed by atoms with Gasteiger partial charge < -0.3 is 14.9 Å². The highest BCUT2D eigenvalue weighted by atomic mass is 79.9. The maximum absolute atomic E-state index is 9.37. The second-order valence-corrected chi connectivity index (χ2v) is 6.73. The average Bonchev–Trinajstić information content (AvgIpc) is 2.55. The molecule has 5 N–H and O–H groups in total. The van der Waals surface area contributed by atoms with Crippen LogP contribution >= 0.6 is 31.9 Å². The summed E-state index contributed by atoms with van der Waals surface area (Å²) in [5.41, 5.74) is 1.84. The zero-order chi connectivity index (χ0) is 19.0. The van der Waals surface area contributed by atoms with Crippen molar-refractivity contribution in [2.24, 2.45) is 11.7 Å². The molecule has 2 aromatic carbocycles. The molecule has 2 aromatic rings. The summed E-state index contributed by atoms with van der Waals surface area (Å²) in [7, 11) is 3.24. The van der Waals surface area contributed by atoms with Gasteiger partial charge in [-0.2, -0.15) is 0 Å². The van der Waals surface area contributed by atoms with E-state index in [-0.39, 0.29) is 5.75 Å². The number of anilines is 1. The molecule has 0 saturated carbocycles. The molecule has 0 aromatic heterocycles. The molecule has 0 unspecified atom stereocenters. The smallest absolute Gasteiger partial charge is 0.223 e. The van der Waals surface area contributed by atoms with Gasteiger partial charge in [0, 0.05) is 24.1 Å². The summed E-state index contributed by atoms with van der Waals surface area (Å²) in [6.07, 6.45) is 0.528. The van der Waals surface area contributed by atoms with E-state index in [0.29, 0.717) is 23.2 Å². The molecular weight excluding hydrogens is 456 g/mol. The minimum Gasteiger partial charge on any atom is -0.508 e. The van der Waals surface area contributed by atoms with E-state index in [4.69, 9.17) is 16.4 Å². The molecule has 0 aliphatic rings. The van der Waals surface area contributed by atoms with Gasteiger partial charge in [-0.25, -0.2) is 11.7 Å². The molecule has 0 saturated heterocycles. The van der Waals surface area contributed by atoms with Crippen LogP contribution in [0.2, 0.25) is 0 Å². The second kappa shape index (κ2) is 10.2. The summed E-state index contributed by atoms with van der Waals surface area (Å²) in [5.74, 6) is 11.4. The Hall–Kier alpha value is -1.81. The zero-order valence-electron chi connectivity index (χ0n) is 13.8. The Bertz CT molecular complexity index is 712. The second-order valence-electron chi connectivity index (χ2n) is 5.02. The highest BCUT2D eigenvalue weighted by Gasteiger charge is 2.11. The van der Waals surface area contributed by atoms with Crippen molar-refractivity contribution in [2.75, 3.05) is 19.1 Å². The van der Waals surface area contributed by atoms with Crippen molar-refractivity contribution in [3.63, 3.8) is 0 Å². The molecule has 0 radical (unpaired) electrons. The first-order chi connectivity index (χ1) is 11.8. The largest absolute Gasteiger partial charge is 0.508 e. The lowest BCUT2D eigenvalue weighted by molar-refractivity contribution is -0.117. The van der Waals surface area contributed by atoms with Gasteiger partial charge in [0.1, 0.15) is 18.1 Å². The normalized spacial score (nSPS) is 9.68. The third-order valence-electron chi connectivity index (χ3n) is 2.93. The molecule has 0 aliphatic carbocycles. The number of phenols is 1. The number of aromatic hydroxyl groups is 1. The molecule has 7 nitrogen and oxygen atoms in total. The summed E-state index contributed by atoms with van der Waals surface area (Å²) in [4.78, 5) is 9.31. The van der Waals surface area contributed by atoms with Crippen LogP contribution in [0.1, 0.15) is 5.56 Å². The summed E-state index contributed by atoms with van der Waals surface area (Å²) in [6.45, 7) is 0.363. The molecule has 0 fully saturated rings. The predicted molar refractivity (Wildman–Crippen MR) is 105 cm³/mol. The molecule has 25 heavy (non-hydrogen) atoms. The first-order valence-corrected chi connectivity index (χ1v) is 8.64. The number of halogens is 2. The SMILES string of the molecule is CN(N)C=O.CN(N)c1cccc(Br)c1COc1ccc(O)cc1Br. The summed E-state index contributed by atoms with van der Waals surface area (Å²) < 4.78 is 7.41. The van der Waals surface area contributed by atoms with Gasteiger partial charge in [-0.3, -0.25) is 9.80 Å². The monoisotopic (exact) mass is 474 g/mol. The van der Waals surface area contributed by atoms with E-state index in [9.17, 15) is 9.90 Å². The lowest BCUT2D eigenvalue weighted by Gasteiger charge is -2.19. The number of phenolic OH excluding ortho intramolecular Hbond substituents is 1. The van der Waals surface area contributed by atoms with Crippen LogP contribution in [-0.2, 0) is 11.4 Å². The summed E-state index contributed by atoms with van der Waals surface area (Å²) in [6, 6.07) is 10.7. The van der Waals surface area contributed by atoms with E-state index >= 15 is 0 Å². The van der Waals surface area contributed by atoms with Gasteiger partial charge in [-0.1, -0.05) is 22.0 Å². The molecule has 0 heterocycles. The number of carbonyl (C=O) groups excluding carboxylic acids is 1. The minimum absolute atomic E-state index is 0.187. The molecular formula is C16H20Br2N4O3. The molecule has 0 atom stereocenters. The third-order valence-corrected chi connectivity index (χ3v) is 4.29. The van der Waals surface area contributed by atoms with E-state index in [2.05, 4.69) is 31.9 Å². The fourth-order valence-corrected chi connectivity index (χ4v) is 2.73.